The Labute approximate surface area is 100 Å². The SMILES string of the molecule is CC(N=C(N)N)C(=O)N(C)C1CCN(C=O)C1. The fourth-order valence-electron chi connectivity index (χ4n) is 1.93. The van der Waals surface area contributed by atoms with Crippen LogP contribution < -0.4 is 11.5 Å². The van der Waals surface area contributed by atoms with E-state index in [1.807, 2.05) is 0 Å². The first-order valence-corrected chi connectivity index (χ1v) is 5.50. The number of likely N-dealkylation sites (tertiary alicyclic amines) is 1. The van der Waals surface area contributed by atoms with E-state index in [4.69, 9.17) is 11.5 Å². The average Bonchev–Trinajstić information content (AvgIpc) is 2.74. The molecule has 1 heterocycles. The highest BCUT2D eigenvalue weighted by atomic mass is 16.2. The molecule has 0 bridgehead atoms. The molecule has 0 aliphatic carbocycles. The van der Waals surface area contributed by atoms with Gasteiger partial charge in [-0.05, 0) is 13.3 Å². The first-order valence-electron chi connectivity index (χ1n) is 5.50. The van der Waals surface area contributed by atoms with Crippen molar-refractivity contribution in [3.63, 3.8) is 0 Å². The fraction of sp³-hybridized carbons (Fsp3) is 0.700. The number of nitrogens with zero attached hydrogens (tertiary/aromatic N) is 3. The number of amides is 2. The van der Waals surface area contributed by atoms with Gasteiger partial charge < -0.3 is 21.3 Å². The van der Waals surface area contributed by atoms with Crippen LogP contribution in [0.2, 0.25) is 0 Å². The van der Waals surface area contributed by atoms with E-state index >= 15 is 0 Å². The molecule has 0 saturated carbocycles. The van der Waals surface area contributed by atoms with Crippen molar-refractivity contribution in [2.45, 2.75) is 25.4 Å². The first kappa shape index (κ1) is 13.3. The van der Waals surface area contributed by atoms with Crippen LogP contribution in [0.3, 0.4) is 0 Å². The minimum absolute atomic E-state index is 0.0457. The molecule has 96 valence electrons. The normalized spacial score (nSPS) is 20.8. The molecule has 0 aromatic carbocycles. The molecule has 2 unspecified atom stereocenters. The van der Waals surface area contributed by atoms with Crippen molar-refractivity contribution >= 4 is 18.3 Å². The third-order valence-corrected chi connectivity index (χ3v) is 2.94. The molecule has 1 fully saturated rings. The summed E-state index contributed by atoms with van der Waals surface area (Å²) in [7, 11) is 1.71. The lowest BCUT2D eigenvalue weighted by Crippen LogP contribution is -2.43. The van der Waals surface area contributed by atoms with E-state index < -0.39 is 6.04 Å². The average molecular weight is 241 g/mol. The highest BCUT2D eigenvalue weighted by Crippen LogP contribution is 2.14. The largest absolute Gasteiger partial charge is 0.370 e. The predicted molar refractivity (Wildman–Crippen MR) is 64.1 cm³/mol. The molecule has 2 atom stereocenters. The van der Waals surface area contributed by atoms with E-state index in [0.717, 1.165) is 12.8 Å². The Kier molecular flexibility index (Phi) is 4.30. The summed E-state index contributed by atoms with van der Waals surface area (Å²) in [5.41, 5.74) is 10.5. The minimum atomic E-state index is -0.588. The summed E-state index contributed by atoms with van der Waals surface area (Å²) >= 11 is 0. The molecule has 1 aliphatic heterocycles. The number of hydrogen-bond donors (Lipinski definition) is 2. The van der Waals surface area contributed by atoms with E-state index in [-0.39, 0.29) is 17.9 Å². The molecular weight excluding hydrogens is 222 g/mol. The van der Waals surface area contributed by atoms with Gasteiger partial charge in [0.05, 0.1) is 6.04 Å². The lowest BCUT2D eigenvalue weighted by molar-refractivity contribution is -0.133. The van der Waals surface area contributed by atoms with Gasteiger partial charge in [-0.3, -0.25) is 9.59 Å². The molecule has 0 spiro atoms. The summed E-state index contributed by atoms with van der Waals surface area (Å²) in [6.07, 6.45) is 1.59. The van der Waals surface area contributed by atoms with E-state index in [9.17, 15) is 9.59 Å². The molecule has 7 heteroatoms. The first-order chi connectivity index (χ1) is 7.95. The van der Waals surface area contributed by atoms with E-state index in [2.05, 4.69) is 4.99 Å². The van der Waals surface area contributed by atoms with E-state index in [1.54, 1.807) is 23.8 Å². The maximum atomic E-state index is 12.0. The highest BCUT2D eigenvalue weighted by molar-refractivity contribution is 5.85. The molecule has 7 nitrogen and oxygen atoms in total. The van der Waals surface area contributed by atoms with E-state index in [0.29, 0.717) is 13.1 Å². The topological polar surface area (TPSA) is 105 Å². The Morgan fingerprint density at radius 2 is 2.24 bits per heavy atom. The number of carbonyl (C=O) groups excluding carboxylic acids is 2. The molecule has 1 rings (SSSR count). The van der Waals surface area contributed by atoms with Gasteiger partial charge in [0.1, 0.15) is 6.04 Å². The van der Waals surface area contributed by atoms with Crippen LogP contribution in [-0.4, -0.2) is 60.3 Å². The van der Waals surface area contributed by atoms with Crippen LogP contribution in [0.5, 0.6) is 0 Å². The summed E-state index contributed by atoms with van der Waals surface area (Å²) in [4.78, 5) is 29.6. The van der Waals surface area contributed by atoms with Crippen LogP contribution in [-0.2, 0) is 9.59 Å². The second-order valence-electron chi connectivity index (χ2n) is 4.22. The third-order valence-electron chi connectivity index (χ3n) is 2.94. The number of nitrogens with two attached hydrogens (primary N) is 2. The van der Waals surface area contributed by atoms with E-state index in [1.165, 1.54) is 0 Å². The Bertz CT molecular complexity index is 327. The van der Waals surface area contributed by atoms with Crippen molar-refractivity contribution in [1.82, 2.24) is 9.80 Å². The van der Waals surface area contributed by atoms with Crippen molar-refractivity contribution in [2.24, 2.45) is 16.5 Å². The Hall–Kier alpha value is -1.79. The predicted octanol–water partition coefficient (Wildman–Crippen LogP) is -1.66. The Balaban J connectivity index is 2.58. The minimum Gasteiger partial charge on any atom is -0.370 e. The molecule has 17 heavy (non-hydrogen) atoms. The second-order valence-corrected chi connectivity index (χ2v) is 4.22. The summed E-state index contributed by atoms with van der Waals surface area (Å²) in [5, 5.41) is 0. The molecular formula is C10H19N5O2. The summed E-state index contributed by atoms with van der Waals surface area (Å²) in [6, 6.07) is -0.542. The van der Waals surface area contributed by atoms with Gasteiger partial charge in [-0.2, -0.15) is 0 Å². The maximum Gasteiger partial charge on any atom is 0.247 e. The van der Waals surface area contributed by atoms with Gasteiger partial charge in [0.15, 0.2) is 5.96 Å². The smallest absolute Gasteiger partial charge is 0.247 e. The van der Waals surface area contributed by atoms with Gasteiger partial charge in [-0.15, -0.1) is 0 Å². The molecule has 1 aliphatic rings. The monoisotopic (exact) mass is 241 g/mol. The van der Waals surface area contributed by atoms with Gasteiger partial charge in [0.2, 0.25) is 12.3 Å². The summed E-state index contributed by atoms with van der Waals surface area (Å²) < 4.78 is 0. The molecule has 0 aromatic heterocycles. The standard InChI is InChI=1S/C10H19N5O2/c1-7(13-10(11)12)9(17)14(2)8-3-4-15(5-8)6-16/h6-8H,3-5H2,1-2H3,(H4,11,12,13). The zero-order valence-electron chi connectivity index (χ0n) is 10.2. The maximum absolute atomic E-state index is 12.0. The molecule has 2 amide bonds. The molecule has 0 aromatic rings. The number of rotatable bonds is 4. The second kappa shape index (κ2) is 5.51. The zero-order chi connectivity index (χ0) is 13.0. The number of guanidine groups is 1. The Morgan fingerprint density at radius 3 is 2.71 bits per heavy atom. The van der Waals surface area contributed by atoms with Gasteiger partial charge in [-0.1, -0.05) is 0 Å². The number of carbonyl (C=O) groups is 2. The lowest BCUT2D eigenvalue weighted by Gasteiger charge is -2.25. The Morgan fingerprint density at radius 1 is 1.59 bits per heavy atom. The quantitative estimate of drug-likeness (QED) is 0.349. The summed E-state index contributed by atoms with van der Waals surface area (Å²) in [6.45, 7) is 2.90. The van der Waals surface area contributed by atoms with Crippen LogP contribution in [0.15, 0.2) is 4.99 Å². The van der Waals surface area contributed by atoms with Crippen LogP contribution >= 0.6 is 0 Å². The van der Waals surface area contributed by atoms with Crippen molar-refractivity contribution < 1.29 is 9.59 Å². The van der Waals surface area contributed by atoms with Crippen molar-refractivity contribution in [1.29, 1.82) is 0 Å². The van der Waals surface area contributed by atoms with Crippen molar-refractivity contribution in [2.75, 3.05) is 20.1 Å². The van der Waals surface area contributed by atoms with Crippen LogP contribution in [0, 0.1) is 0 Å². The van der Waals surface area contributed by atoms with Gasteiger partial charge >= 0.3 is 0 Å². The number of hydrogen-bond acceptors (Lipinski definition) is 3. The summed E-state index contributed by atoms with van der Waals surface area (Å²) in [5.74, 6) is -0.240. The lowest BCUT2D eigenvalue weighted by atomic mass is 10.2. The van der Waals surface area contributed by atoms with Crippen LogP contribution in [0.1, 0.15) is 13.3 Å². The third kappa shape index (κ3) is 3.33. The molecule has 0 radical (unpaired) electrons. The van der Waals surface area contributed by atoms with Crippen LogP contribution in [0.4, 0.5) is 0 Å². The van der Waals surface area contributed by atoms with Crippen molar-refractivity contribution in [3.8, 4) is 0 Å². The fourth-order valence-corrected chi connectivity index (χ4v) is 1.93. The highest BCUT2D eigenvalue weighted by Gasteiger charge is 2.29. The van der Waals surface area contributed by atoms with Crippen LogP contribution in [0.25, 0.3) is 0 Å². The van der Waals surface area contributed by atoms with Crippen molar-refractivity contribution in [3.05, 3.63) is 0 Å². The van der Waals surface area contributed by atoms with Gasteiger partial charge in [0, 0.05) is 20.1 Å². The molecule has 4 N–H and O–H groups in total. The van der Waals surface area contributed by atoms with Gasteiger partial charge in [-0.25, -0.2) is 4.99 Å². The number of likely N-dealkylation sites (N-methyl/N-ethyl adjacent to an activating group) is 1. The zero-order valence-corrected chi connectivity index (χ0v) is 10.2. The van der Waals surface area contributed by atoms with Gasteiger partial charge in [0.25, 0.3) is 0 Å². The number of aliphatic imine (C=N–C) groups is 1. The molecule has 1 saturated heterocycles.